The Morgan fingerprint density at radius 1 is 1.20 bits per heavy atom. The molecule has 1 nitrogen and oxygen atoms in total. The van der Waals surface area contributed by atoms with Gasteiger partial charge in [0.25, 0.3) is 0 Å². The van der Waals surface area contributed by atoms with Crippen LogP contribution < -0.4 is 0 Å². The van der Waals surface area contributed by atoms with E-state index in [1.807, 2.05) is 40.7 Å². The molecule has 0 unspecified atom stereocenters. The first-order valence-electron chi connectivity index (χ1n) is 3.67. The molecule has 0 aliphatic carbocycles. The second-order valence-electron chi connectivity index (χ2n) is 1.89. The van der Waals surface area contributed by atoms with E-state index in [9.17, 15) is 0 Å². The van der Waals surface area contributed by atoms with Crippen LogP contribution in [0.1, 0.15) is 34.6 Å². The third-order valence-electron chi connectivity index (χ3n) is 0.837. The molecule has 0 aromatic rings. The summed E-state index contributed by atoms with van der Waals surface area (Å²) >= 11 is 0. The van der Waals surface area contributed by atoms with Crippen LogP contribution in [0, 0.1) is 0 Å². The number of aliphatic hydroxyl groups is 1. The van der Waals surface area contributed by atoms with Crippen LogP contribution in [0.5, 0.6) is 0 Å². The van der Waals surface area contributed by atoms with E-state index in [1.54, 1.807) is 6.08 Å². The molecule has 0 aliphatic rings. The van der Waals surface area contributed by atoms with Gasteiger partial charge in [-0.2, -0.15) is 0 Å². The Kier molecular flexibility index (Phi) is 9.94. The Morgan fingerprint density at radius 2 is 1.60 bits per heavy atom. The van der Waals surface area contributed by atoms with E-state index >= 15 is 0 Å². The molecule has 0 bridgehead atoms. The molecule has 60 valence electrons. The molecular weight excluding hydrogens is 124 g/mol. The molecule has 0 spiro atoms. The Morgan fingerprint density at radius 3 is 1.70 bits per heavy atom. The molecule has 10 heavy (non-hydrogen) atoms. The molecule has 0 radical (unpaired) electrons. The minimum absolute atomic E-state index is 0.368. The molecule has 0 aromatic heterocycles. The Hall–Kier alpha value is -0.720. The van der Waals surface area contributed by atoms with E-state index in [0.717, 1.165) is 5.57 Å². The van der Waals surface area contributed by atoms with Crippen LogP contribution in [-0.2, 0) is 0 Å². The number of hydrogen-bond donors (Lipinski definition) is 1. The third kappa shape index (κ3) is 7.28. The first-order valence-corrected chi connectivity index (χ1v) is 3.67. The van der Waals surface area contributed by atoms with Crippen molar-refractivity contribution in [1.29, 1.82) is 0 Å². The van der Waals surface area contributed by atoms with E-state index in [1.165, 1.54) is 0 Å². The molecule has 0 rings (SSSR count). The molecule has 1 N–H and O–H groups in total. The molecule has 0 saturated carbocycles. The summed E-state index contributed by atoms with van der Waals surface area (Å²) in [6.07, 6.45) is 3.48. The van der Waals surface area contributed by atoms with Crippen LogP contribution in [0.3, 0.4) is 0 Å². The van der Waals surface area contributed by atoms with Crippen molar-refractivity contribution in [1.82, 2.24) is 0 Å². The smallest absolute Gasteiger partial charge is 0.113 e. The van der Waals surface area contributed by atoms with Gasteiger partial charge in [0.15, 0.2) is 0 Å². The summed E-state index contributed by atoms with van der Waals surface area (Å²) < 4.78 is 0. The maximum Gasteiger partial charge on any atom is 0.113 e. The van der Waals surface area contributed by atoms with Gasteiger partial charge in [0.05, 0.1) is 0 Å². The average Bonchev–Trinajstić information content (AvgIpc) is 1.93. The van der Waals surface area contributed by atoms with Crippen molar-refractivity contribution in [3.8, 4) is 0 Å². The highest BCUT2D eigenvalue weighted by Crippen LogP contribution is 1.98. The van der Waals surface area contributed by atoms with Gasteiger partial charge in [-0.3, -0.25) is 0 Å². The van der Waals surface area contributed by atoms with Crippen molar-refractivity contribution in [2.24, 2.45) is 0 Å². The maximum absolute atomic E-state index is 8.92. The van der Waals surface area contributed by atoms with Crippen LogP contribution in [0.4, 0.5) is 0 Å². The van der Waals surface area contributed by atoms with E-state index < -0.39 is 0 Å². The summed E-state index contributed by atoms with van der Waals surface area (Å²) in [4.78, 5) is 0. The molecule has 0 heterocycles. The Bertz CT molecular complexity index is 117. The molecule has 0 amide bonds. The summed E-state index contributed by atoms with van der Waals surface area (Å²) in [5.74, 6) is 0.368. The van der Waals surface area contributed by atoms with Crippen LogP contribution in [0.15, 0.2) is 23.5 Å². The largest absolute Gasteiger partial charge is 0.508 e. The predicted octanol–water partition coefficient (Wildman–Crippen LogP) is 3.44. The van der Waals surface area contributed by atoms with E-state index in [-0.39, 0.29) is 0 Å². The fourth-order valence-electron chi connectivity index (χ4n) is 0.325. The van der Waals surface area contributed by atoms with Crippen molar-refractivity contribution >= 4 is 0 Å². The van der Waals surface area contributed by atoms with E-state index in [0.29, 0.717) is 5.76 Å². The van der Waals surface area contributed by atoms with Gasteiger partial charge in [-0.05, 0) is 32.4 Å². The zero-order valence-electron chi connectivity index (χ0n) is 7.60. The molecule has 0 saturated heterocycles. The highest BCUT2D eigenvalue weighted by molar-refractivity contribution is 5.14. The zero-order chi connectivity index (χ0) is 8.57. The molecule has 0 fully saturated rings. The lowest BCUT2D eigenvalue weighted by Crippen LogP contribution is -1.75. The standard InChI is InChI=1S/C7H12O.C2H6/c1-4-5-7(8)6(2)3;1-2/h4-5,8H,1-3H3;1-2H3/b5-4-;. The summed E-state index contributed by atoms with van der Waals surface area (Å²) in [7, 11) is 0. The van der Waals surface area contributed by atoms with Crippen LogP contribution >= 0.6 is 0 Å². The topological polar surface area (TPSA) is 20.2 Å². The van der Waals surface area contributed by atoms with Crippen molar-refractivity contribution in [2.75, 3.05) is 0 Å². The van der Waals surface area contributed by atoms with Crippen molar-refractivity contribution < 1.29 is 5.11 Å². The van der Waals surface area contributed by atoms with E-state index in [2.05, 4.69) is 0 Å². The van der Waals surface area contributed by atoms with Gasteiger partial charge in [-0.15, -0.1) is 0 Å². The first-order chi connectivity index (χ1) is 4.68. The zero-order valence-corrected chi connectivity index (χ0v) is 7.60. The fourth-order valence-corrected chi connectivity index (χ4v) is 0.325. The van der Waals surface area contributed by atoms with Crippen LogP contribution in [-0.4, -0.2) is 5.11 Å². The lowest BCUT2D eigenvalue weighted by atomic mass is 10.3. The van der Waals surface area contributed by atoms with Gasteiger partial charge in [0.1, 0.15) is 5.76 Å². The minimum Gasteiger partial charge on any atom is -0.508 e. The number of rotatable bonds is 1. The monoisotopic (exact) mass is 142 g/mol. The first kappa shape index (κ1) is 12.0. The molecule has 1 heteroatoms. The van der Waals surface area contributed by atoms with Crippen molar-refractivity contribution in [3.05, 3.63) is 23.5 Å². The van der Waals surface area contributed by atoms with Crippen molar-refractivity contribution in [2.45, 2.75) is 34.6 Å². The predicted molar refractivity (Wildman–Crippen MR) is 47.2 cm³/mol. The van der Waals surface area contributed by atoms with Gasteiger partial charge < -0.3 is 5.11 Å². The number of hydrogen-bond acceptors (Lipinski definition) is 1. The molecule has 0 atom stereocenters. The fraction of sp³-hybridized carbons (Fsp3) is 0.556. The van der Waals surface area contributed by atoms with Gasteiger partial charge >= 0.3 is 0 Å². The maximum atomic E-state index is 8.92. The quantitative estimate of drug-likeness (QED) is 0.439. The van der Waals surface area contributed by atoms with Crippen molar-refractivity contribution in [3.63, 3.8) is 0 Å². The van der Waals surface area contributed by atoms with Gasteiger partial charge in [-0.25, -0.2) is 0 Å². The normalized spacial score (nSPS) is 8.50. The molecule has 0 aromatic carbocycles. The van der Waals surface area contributed by atoms with Crippen LogP contribution in [0.25, 0.3) is 0 Å². The summed E-state index contributed by atoms with van der Waals surface area (Å²) in [6.45, 7) is 9.61. The van der Waals surface area contributed by atoms with Crippen LogP contribution in [0.2, 0.25) is 0 Å². The molecule has 0 aliphatic heterocycles. The van der Waals surface area contributed by atoms with Gasteiger partial charge in [0, 0.05) is 0 Å². The average molecular weight is 142 g/mol. The third-order valence-corrected chi connectivity index (χ3v) is 0.837. The highest BCUT2D eigenvalue weighted by atomic mass is 16.3. The second-order valence-corrected chi connectivity index (χ2v) is 1.89. The lowest BCUT2D eigenvalue weighted by molar-refractivity contribution is 0.425. The highest BCUT2D eigenvalue weighted by Gasteiger charge is 1.84. The SMILES string of the molecule is C/C=C\C(O)=C(C)C.CC. The van der Waals surface area contributed by atoms with Gasteiger partial charge in [0.2, 0.25) is 0 Å². The lowest BCUT2D eigenvalue weighted by Gasteiger charge is -1.90. The Labute approximate surface area is 64.1 Å². The van der Waals surface area contributed by atoms with Gasteiger partial charge in [-0.1, -0.05) is 19.9 Å². The summed E-state index contributed by atoms with van der Waals surface area (Å²) in [5.41, 5.74) is 0.947. The van der Waals surface area contributed by atoms with E-state index in [4.69, 9.17) is 5.11 Å². The summed E-state index contributed by atoms with van der Waals surface area (Å²) in [6, 6.07) is 0. The summed E-state index contributed by atoms with van der Waals surface area (Å²) in [5, 5.41) is 8.92. The number of aliphatic hydroxyl groups excluding tert-OH is 1. The minimum atomic E-state index is 0.368. The second kappa shape index (κ2) is 8.28. The number of allylic oxidation sites excluding steroid dienone is 3. The molecular formula is C9H18O. The Balaban J connectivity index is 0.